The van der Waals surface area contributed by atoms with Gasteiger partial charge in [-0.3, -0.25) is 15.1 Å². The van der Waals surface area contributed by atoms with Gasteiger partial charge in [-0.05, 0) is 25.7 Å². The SMILES string of the molecule is O=C1NC(=O)C(N=C2CCCCC2)N1. The van der Waals surface area contributed by atoms with Gasteiger partial charge in [0.25, 0.3) is 5.91 Å². The van der Waals surface area contributed by atoms with E-state index in [1.807, 2.05) is 0 Å². The molecule has 2 rings (SSSR count). The van der Waals surface area contributed by atoms with Gasteiger partial charge in [0.1, 0.15) is 0 Å². The van der Waals surface area contributed by atoms with E-state index in [4.69, 9.17) is 0 Å². The molecule has 2 fully saturated rings. The fourth-order valence-corrected chi connectivity index (χ4v) is 1.77. The van der Waals surface area contributed by atoms with Crippen molar-refractivity contribution < 1.29 is 9.59 Å². The number of rotatable bonds is 1. The van der Waals surface area contributed by atoms with Crippen LogP contribution in [-0.2, 0) is 4.79 Å². The van der Waals surface area contributed by atoms with Crippen molar-refractivity contribution in [2.45, 2.75) is 38.3 Å². The largest absolute Gasteiger partial charge is 0.323 e. The first-order valence-electron chi connectivity index (χ1n) is 4.92. The Morgan fingerprint density at radius 2 is 1.86 bits per heavy atom. The molecule has 1 saturated heterocycles. The zero-order chi connectivity index (χ0) is 9.97. The van der Waals surface area contributed by atoms with Gasteiger partial charge in [0.15, 0.2) is 0 Å². The molecule has 0 spiro atoms. The number of imide groups is 1. The molecule has 1 aliphatic carbocycles. The topological polar surface area (TPSA) is 70.6 Å². The highest BCUT2D eigenvalue weighted by Gasteiger charge is 2.29. The van der Waals surface area contributed by atoms with Gasteiger partial charge in [-0.1, -0.05) is 6.42 Å². The van der Waals surface area contributed by atoms with Crippen LogP contribution in [0.3, 0.4) is 0 Å². The molecule has 0 bridgehead atoms. The minimum absolute atomic E-state index is 0.340. The second-order valence-corrected chi connectivity index (χ2v) is 3.62. The third-order valence-electron chi connectivity index (χ3n) is 2.50. The van der Waals surface area contributed by atoms with E-state index in [0.717, 1.165) is 31.4 Å². The summed E-state index contributed by atoms with van der Waals surface area (Å²) in [5.41, 5.74) is 1.05. The van der Waals surface area contributed by atoms with Crippen LogP contribution in [0.2, 0.25) is 0 Å². The van der Waals surface area contributed by atoms with Crippen molar-refractivity contribution in [3.63, 3.8) is 0 Å². The van der Waals surface area contributed by atoms with Crippen LogP contribution in [0.1, 0.15) is 32.1 Å². The van der Waals surface area contributed by atoms with Gasteiger partial charge >= 0.3 is 6.03 Å². The number of aliphatic imine (C=N–C) groups is 1. The lowest BCUT2D eigenvalue weighted by Gasteiger charge is -2.13. The molecule has 3 amide bonds. The normalized spacial score (nSPS) is 27.1. The second kappa shape index (κ2) is 3.77. The summed E-state index contributed by atoms with van der Waals surface area (Å²) in [6.07, 6.45) is 4.75. The van der Waals surface area contributed by atoms with E-state index < -0.39 is 12.2 Å². The Balaban J connectivity index is 2.01. The zero-order valence-corrected chi connectivity index (χ0v) is 7.88. The smallest absolute Gasteiger partial charge is 0.308 e. The lowest BCUT2D eigenvalue weighted by atomic mass is 9.98. The summed E-state index contributed by atoms with van der Waals surface area (Å²) in [6.45, 7) is 0. The third kappa shape index (κ3) is 1.92. The molecule has 2 N–H and O–H groups in total. The molecule has 0 aromatic heterocycles. The highest BCUT2D eigenvalue weighted by Crippen LogP contribution is 2.15. The van der Waals surface area contributed by atoms with Gasteiger partial charge in [-0.25, -0.2) is 4.79 Å². The molecule has 1 heterocycles. The second-order valence-electron chi connectivity index (χ2n) is 3.62. The van der Waals surface area contributed by atoms with Crippen molar-refractivity contribution in [3.05, 3.63) is 0 Å². The Kier molecular flexibility index (Phi) is 2.47. The molecule has 14 heavy (non-hydrogen) atoms. The summed E-state index contributed by atoms with van der Waals surface area (Å²) < 4.78 is 0. The minimum Gasteiger partial charge on any atom is -0.308 e. The first-order chi connectivity index (χ1) is 6.75. The van der Waals surface area contributed by atoms with Crippen molar-refractivity contribution in [1.29, 1.82) is 0 Å². The van der Waals surface area contributed by atoms with E-state index in [2.05, 4.69) is 15.6 Å². The molecule has 1 atom stereocenters. The van der Waals surface area contributed by atoms with Crippen LogP contribution < -0.4 is 10.6 Å². The van der Waals surface area contributed by atoms with E-state index in [0.29, 0.717) is 0 Å². The maximum atomic E-state index is 11.2. The Labute approximate surface area is 82.0 Å². The lowest BCUT2D eigenvalue weighted by Crippen LogP contribution is -2.28. The fraction of sp³-hybridized carbons (Fsp3) is 0.667. The predicted octanol–water partition coefficient (Wildman–Crippen LogP) is 0.557. The van der Waals surface area contributed by atoms with Gasteiger partial charge in [-0.15, -0.1) is 0 Å². The van der Waals surface area contributed by atoms with Gasteiger partial charge < -0.3 is 5.32 Å². The Hall–Kier alpha value is -1.39. The third-order valence-corrected chi connectivity index (χ3v) is 2.50. The molecule has 2 aliphatic rings. The average molecular weight is 195 g/mol. The summed E-state index contributed by atoms with van der Waals surface area (Å²) in [6, 6.07) is -0.444. The average Bonchev–Trinajstić information content (AvgIpc) is 2.47. The first-order valence-corrected chi connectivity index (χ1v) is 4.92. The van der Waals surface area contributed by atoms with E-state index >= 15 is 0 Å². The van der Waals surface area contributed by atoms with Crippen molar-refractivity contribution in [2.75, 3.05) is 0 Å². The number of urea groups is 1. The van der Waals surface area contributed by atoms with Crippen LogP contribution in [-0.4, -0.2) is 23.8 Å². The van der Waals surface area contributed by atoms with Crippen LogP contribution >= 0.6 is 0 Å². The lowest BCUT2D eigenvalue weighted by molar-refractivity contribution is -0.120. The first kappa shape index (κ1) is 9.18. The number of nitrogens with one attached hydrogen (secondary N) is 2. The van der Waals surface area contributed by atoms with E-state index in [1.54, 1.807) is 0 Å². The maximum absolute atomic E-state index is 11.2. The van der Waals surface area contributed by atoms with Gasteiger partial charge in [0, 0.05) is 5.71 Å². The summed E-state index contributed by atoms with van der Waals surface area (Å²) in [5.74, 6) is -0.340. The standard InChI is InChI=1S/C9H13N3O2/c13-8-7(11-9(14)12-8)10-6-4-2-1-3-5-6/h7H,1-5H2,(H2,11,12,13,14). The van der Waals surface area contributed by atoms with Crippen LogP contribution in [0.15, 0.2) is 4.99 Å². The summed E-state index contributed by atoms with van der Waals surface area (Å²) in [5, 5.41) is 4.62. The molecule has 1 aliphatic heterocycles. The molecule has 5 heteroatoms. The van der Waals surface area contributed by atoms with Gasteiger partial charge in [-0.2, -0.15) is 0 Å². The Morgan fingerprint density at radius 3 is 2.43 bits per heavy atom. The molecular weight excluding hydrogens is 182 g/mol. The number of nitrogens with zero attached hydrogens (tertiary/aromatic N) is 1. The van der Waals surface area contributed by atoms with Crippen LogP contribution in [0, 0.1) is 0 Å². The van der Waals surface area contributed by atoms with Crippen LogP contribution in [0.4, 0.5) is 4.79 Å². The monoisotopic (exact) mass is 195 g/mol. The number of hydrogen-bond acceptors (Lipinski definition) is 3. The molecule has 76 valence electrons. The summed E-state index contributed by atoms with van der Waals surface area (Å²) in [7, 11) is 0. The minimum atomic E-state index is -0.685. The molecule has 1 unspecified atom stereocenters. The van der Waals surface area contributed by atoms with Crippen molar-refractivity contribution in [3.8, 4) is 0 Å². The predicted molar refractivity (Wildman–Crippen MR) is 51.0 cm³/mol. The number of carbonyl (C=O) groups excluding carboxylic acids is 2. The number of amides is 3. The summed E-state index contributed by atoms with van der Waals surface area (Å²) >= 11 is 0. The highest BCUT2D eigenvalue weighted by molar-refractivity contribution is 6.05. The van der Waals surface area contributed by atoms with E-state index in [1.165, 1.54) is 6.42 Å². The van der Waals surface area contributed by atoms with Gasteiger partial charge in [0.2, 0.25) is 6.17 Å². The Bertz CT molecular complexity index is 290. The quantitative estimate of drug-likeness (QED) is 0.600. The van der Waals surface area contributed by atoms with Crippen molar-refractivity contribution in [2.24, 2.45) is 4.99 Å². The van der Waals surface area contributed by atoms with Crippen LogP contribution in [0.25, 0.3) is 0 Å². The molecule has 0 aromatic carbocycles. The van der Waals surface area contributed by atoms with E-state index in [9.17, 15) is 9.59 Å². The molecular formula is C9H13N3O2. The molecule has 0 aromatic rings. The maximum Gasteiger partial charge on any atom is 0.323 e. The fourth-order valence-electron chi connectivity index (χ4n) is 1.77. The molecule has 0 radical (unpaired) electrons. The molecule has 1 saturated carbocycles. The van der Waals surface area contributed by atoms with E-state index in [-0.39, 0.29) is 5.91 Å². The molecule has 5 nitrogen and oxygen atoms in total. The van der Waals surface area contributed by atoms with Crippen molar-refractivity contribution in [1.82, 2.24) is 10.6 Å². The highest BCUT2D eigenvalue weighted by atomic mass is 16.2. The number of carbonyl (C=O) groups is 2. The number of hydrogen-bond donors (Lipinski definition) is 2. The zero-order valence-electron chi connectivity index (χ0n) is 7.88. The van der Waals surface area contributed by atoms with Crippen LogP contribution in [0.5, 0.6) is 0 Å². The Morgan fingerprint density at radius 1 is 1.14 bits per heavy atom. The van der Waals surface area contributed by atoms with Gasteiger partial charge in [0.05, 0.1) is 0 Å². The van der Waals surface area contributed by atoms with Crippen molar-refractivity contribution >= 4 is 17.6 Å². The summed E-state index contributed by atoms with van der Waals surface area (Å²) in [4.78, 5) is 26.2.